The first-order valence-corrected chi connectivity index (χ1v) is 12.8. The first kappa shape index (κ1) is 21.9. The number of carbonyl (C=O) groups excluding carboxylic acids is 1. The van der Waals surface area contributed by atoms with Gasteiger partial charge < -0.3 is 19.3 Å². The highest BCUT2D eigenvalue weighted by molar-refractivity contribution is 7.91. The van der Waals surface area contributed by atoms with Crippen LogP contribution in [0, 0.1) is 12.8 Å². The van der Waals surface area contributed by atoms with Gasteiger partial charge in [-0.2, -0.15) is 9.29 Å². The lowest BCUT2D eigenvalue weighted by Gasteiger charge is -2.30. The second-order valence-electron chi connectivity index (χ2n) is 7.88. The molecule has 0 saturated carbocycles. The number of sulfonamides is 1. The fraction of sp³-hybridized carbons (Fsp3) is 0.381. The number of amides is 1. The number of aromatic nitrogens is 2. The van der Waals surface area contributed by atoms with E-state index in [1.807, 2.05) is 18.2 Å². The summed E-state index contributed by atoms with van der Waals surface area (Å²) < 4.78 is 43.4. The zero-order chi connectivity index (χ0) is 23.0. The third kappa shape index (κ3) is 4.45. The predicted molar refractivity (Wildman–Crippen MR) is 118 cm³/mol. The van der Waals surface area contributed by atoms with Gasteiger partial charge in [0.05, 0.1) is 0 Å². The lowest BCUT2D eigenvalue weighted by molar-refractivity contribution is -0.126. The molecule has 33 heavy (non-hydrogen) atoms. The Labute approximate surface area is 194 Å². The van der Waals surface area contributed by atoms with Gasteiger partial charge in [0.15, 0.2) is 11.5 Å². The number of fused-ring (bicyclic) bond motifs is 1. The SMILES string of the molecule is Cc1nc(-c2csc(S(=O)(=O)N3CCC(C(=O)NCc4ccc5c(c4)OCO5)CC3)c2)no1. The summed E-state index contributed by atoms with van der Waals surface area (Å²) in [5.41, 5.74) is 1.52. The van der Waals surface area contributed by atoms with Crippen LogP contribution in [0.15, 0.2) is 38.4 Å². The van der Waals surface area contributed by atoms with Crippen molar-refractivity contribution in [2.24, 2.45) is 5.92 Å². The Hall–Kier alpha value is -2.96. The summed E-state index contributed by atoms with van der Waals surface area (Å²) in [6.07, 6.45) is 0.933. The lowest BCUT2D eigenvalue weighted by atomic mass is 9.97. The van der Waals surface area contributed by atoms with Crippen LogP contribution in [0.3, 0.4) is 0 Å². The number of hydrogen-bond acceptors (Lipinski definition) is 9. The van der Waals surface area contributed by atoms with Crippen LogP contribution in [-0.2, 0) is 21.4 Å². The number of carbonyl (C=O) groups is 1. The van der Waals surface area contributed by atoms with Gasteiger partial charge in [0, 0.05) is 43.4 Å². The van der Waals surface area contributed by atoms with Gasteiger partial charge in [-0.3, -0.25) is 4.79 Å². The maximum atomic E-state index is 13.1. The zero-order valence-electron chi connectivity index (χ0n) is 17.8. The van der Waals surface area contributed by atoms with E-state index in [-0.39, 0.29) is 22.8 Å². The quantitative estimate of drug-likeness (QED) is 0.559. The second-order valence-corrected chi connectivity index (χ2v) is 11.0. The molecule has 0 radical (unpaired) electrons. The van der Waals surface area contributed by atoms with Gasteiger partial charge in [-0.05, 0) is 36.6 Å². The molecule has 0 unspecified atom stereocenters. The van der Waals surface area contributed by atoms with E-state index in [1.165, 1.54) is 4.31 Å². The Morgan fingerprint density at radius 1 is 1.21 bits per heavy atom. The third-order valence-electron chi connectivity index (χ3n) is 5.68. The molecule has 0 bridgehead atoms. The number of rotatable bonds is 6. The van der Waals surface area contributed by atoms with Gasteiger partial charge in [-0.25, -0.2) is 8.42 Å². The van der Waals surface area contributed by atoms with E-state index >= 15 is 0 Å². The number of nitrogens with one attached hydrogen (secondary N) is 1. The monoisotopic (exact) mass is 490 g/mol. The van der Waals surface area contributed by atoms with Gasteiger partial charge in [-0.1, -0.05) is 11.2 Å². The molecule has 2 aliphatic heterocycles. The first-order valence-electron chi connectivity index (χ1n) is 10.5. The molecule has 1 aromatic carbocycles. The van der Waals surface area contributed by atoms with E-state index in [9.17, 15) is 13.2 Å². The topological polar surface area (TPSA) is 124 Å². The Morgan fingerprint density at radius 3 is 2.76 bits per heavy atom. The average molecular weight is 491 g/mol. The van der Waals surface area contributed by atoms with Crippen molar-refractivity contribution in [2.45, 2.75) is 30.5 Å². The Balaban J connectivity index is 1.16. The third-order valence-corrected chi connectivity index (χ3v) is 9.00. The maximum absolute atomic E-state index is 13.1. The number of hydrogen-bond donors (Lipinski definition) is 1. The van der Waals surface area contributed by atoms with Crippen LogP contribution in [0.5, 0.6) is 11.5 Å². The Bertz CT molecular complexity index is 1280. The molecule has 0 atom stereocenters. The fourth-order valence-corrected chi connectivity index (χ4v) is 6.64. The average Bonchev–Trinajstić information content (AvgIpc) is 3.57. The van der Waals surface area contributed by atoms with Gasteiger partial charge in [0.2, 0.25) is 24.4 Å². The van der Waals surface area contributed by atoms with E-state index in [4.69, 9.17) is 14.0 Å². The number of ether oxygens (including phenoxy) is 2. The summed E-state index contributed by atoms with van der Waals surface area (Å²) in [6, 6.07) is 7.12. The number of aryl methyl sites for hydroxylation is 1. The summed E-state index contributed by atoms with van der Waals surface area (Å²) in [5, 5.41) is 8.48. The largest absolute Gasteiger partial charge is 0.454 e. The second kappa shape index (κ2) is 8.76. The van der Waals surface area contributed by atoms with Crippen LogP contribution in [0.1, 0.15) is 24.3 Å². The molecule has 1 saturated heterocycles. The van der Waals surface area contributed by atoms with Crippen molar-refractivity contribution < 1.29 is 27.2 Å². The molecule has 2 aromatic heterocycles. The molecule has 2 aliphatic rings. The molecule has 174 valence electrons. The molecule has 1 fully saturated rings. The molecule has 10 nitrogen and oxygen atoms in total. The highest BCUT2D eigenvalue weighted by Crippen LogP contribution is 2.33. The number of nitrogens with zero attached hydrogens (tertiary/aromatic N) is 3. The number of thiophene rings is 1. The van der Waals surface area contributed by atoms with Crippen molar-refractivity contribution in [1.29, 1.82) is 0 Å². The fourth-order valence-electron chi connectivity index (χ4n) is 3.86. The van der Waals surface area contributed by atoms with E-state index in [2.05, 4.69) is 15.5 Å². The lowest BCUT2D eigenvalue weighted by Crippen LogP contribution is -2.42. The highest BCUT2D eigenvalue weighted by atomic mass is 32.2. The minimum absolute atomic E-state index is 0.0735. The van der Waals surface area contributed by atoms with Crippen molar-refractivity contribution in [3.05, 3.63) is 41.1 Å². The smallest absolute Gasteiger partial charge is 0.252 e. The predicted octanol–water partition coefficient (Wildman–Crippen LogP) is 2.55. The van der Waals surface area contributed by atoms with Crippen LogP contribution in [0.25, 0.3) is 11.4 Å². The van der Waals surface area contributed by atoms with Gasteiger partial charge >= 0.3 is 0 Å². The van der Waals surface area contributed by atoms with Crippen molar-refractivity contribution >= 4 is 27.3 Å². The molecule has 0 aliphatic carbocycles. The van der Waals surface area contributed by atoms with Crippen LogP contribution >= 0.6 is 11.3 Å². The summed E-state index contributed by atoms with van der Waals surface area (Å²) in [6.45, 7) is 2.84. The molecule has 12 heteroatoms. The van der Waals surface area contributed by atoms with Crippen molar-refractivity contribution in [1.82, 2.24) is 19.8 Å². The van der Waals surface area contributed by atoms with Crippen molar-refractivity contribution in [3.63, 3.8) is 0 Å². The zero-order valence-corrected chi connectivity index (χ0v) is 19.4. The molecular weight excluding hydrogens is 468 g/mol. The minimum Gasteiger partial charge on any atom is -0.454 e. The van der Waals surface area contributed by atoms with Crippen LogP contribution < -0.4 is 14.8 Å². The van der Waals surface area contributed by atoms with Crippen molar-refractivity contribution in [3.8, 4) is 22.9 Å². The summed E-state index contributed by atoms with van der Waals surface area (Å²) >= 11 is 1.13. The molecular formula is C21H22N4O6S2. The summed E-state index contributed by atoms with van der Waals surface area (Å²) in [7, 11) is -3.64. The molecule has 1 N–H and O–H groups in total. The standard InChI is InChI=1S/C21H22N4O6S2/c1-13-23-20(24-31-13)16-9-19(32-11-16)33(27,28)25-6-4-15(5-7-25)21(26)22-10-14-2-3-17-18(8-14)30-12-29-17/h2-3,8-9,11,15H,4-7,10,12H2,1H3,(H,22,26). The highest BCUT2D eigenvalue weighted by Gasteiger charge is 2.33. The normalized spacial score (nSPS) is 16.8. The van der Waals surface area contributed by atoms with E-state index < -0.39 is 10.0 Å². The Kier molecular flexibility index (Phi) is 5.81. The van der Waals surface area contributed by atoms with E-state index in [0.29, 0.717) is 61.3 Å². The minimum atomic E-state index is -3.64. The first-order chi connectivity index (χ1) is 15.9. The van der Waals surface area contributed by atoms with Gasteiger partial charge in [-0.15, -0.1) is 11.3 Å². The number of piperidine rings is 1. The van der Waals surface area contributed by atoms with Gasteiger partial charge in [0.1, 0.15) is 4.21 Å². The van der Waals surface area contributed by atoms with E-state index in [0.717, 1.165) is 16.9 Å². The molecule has 0 spiro atoms. The molecule has 3 aromatic rings. The molecule has 5 rings (SSSR count). The van der Waals surface area contributed by atoms with Crippen molar-refractivity contribution in [2.75, 3.05) is 19.9 Å². The van der Waals surface area contributed by atoms with Crippen LogP contribution in [0.4, 0.5) is 0 Å². The number of benzene rings is 1. The van der Waals surface area contributed by atoms with E-state index in [1.54, 1.807) is 18.4 Å². The van der Waals surface area contributed by atoms with Crippen LogP contribution in [0.2, 0.25) is 0 Å². The maximum Gasteiger partial charge on any atom is 0.252 e. The Morgan fingerprint density at radius 2 is 2.00 bits per heavy atom. The van der Waals surface area contributed by atoms with Crippen LogP contribution in [-0.4, -0.2) is 48.7 Å². The molecule has 4 heterocycles. The molecule has 1 amide bonds. The summed E-state index contributed by atoms with van der Waals surface area (Å²) in [4.78, 5) is 16.8. The van der Waals surface area contributed by atoms with Gasteiger partial charge in [0.25, 0.3) is 10.0 Å². The summed E-state index contributed by atoms with van der Waals surface area (Å²) in [5.74, 6) is 1.85.